The van der Waals surface area contributed by atoms with Crippen LogP contribution in [0.2, 0.25) is 0 Å². The summed E-state index contributed by atoms with van der Waals surface area (Å²) in [5.41, 5.74) is 5.92. The number of rotatable bonds is 4. The van der Waals surface area contributed by atoms with Gasteiger partial charge < -0.3 is 4.42 Å². The number of hydrogen-bond acceptors (Lipinski definition) is 1. The molecule has 2 heterocycles. The Labute approximate surface area is 249 Å². The predicted octanol–water partition coefficient (Wildman–Crippen LogP) is 9.93. The van der Waals surface area contributed by atoms with Gasteiger partial charge in [0, 0.05) is 38.9 Å². The lowest BCUT2D eigenvalue weighted by Gasteiger charge is -2.19. The lowest BCUT2D eigenvalue weighted by Crippen LogP contribution is -2.32. The molecule has 0 aliphatic carbocycles. The highest BCUT2D eigenvalue weighted by atomic mass is 16.3. The fourth-order valence-electron chi connectivity index (χ4n) is 5.47. The monoisotopic (exact) mass is 532 g/mol. The van der Waals surface area contributed by atoms with E-state index in [4.69, 9.17) is 15.4 Å². The van der Waals surface area contributed by atoms with Gasteiger partial charge in [-0.2, -0.15) is 0 Å². The Kier molecular flexibility index (Phi) is 4.46. The Morgan fingerprint density at radius 1 is 0.775 bits per heavy atom. The molecule has 0 aliphatic heterocycles. The van der Waals surface area contributed by atoms with Gasteiger partial charge in [0.05, 0.1) is 5.56 Å². The molecule has 0 saturated carbocycles. The third kappa shape index (κ3) is 4.73. The average Bonchev–Trinajstić information content (AvgIpc) is 3.38. The molecule has 0 fully saturated rings. The van der Waals surface area contributed by atoms with E-state index in [1.165, 1.54) is 6.20 Å². The van der Waals surface area contributed by atoms with E-state index in [-0.39, 0.29) is 16.7 Å². The second kappa shape index (κ2) is 9.78. The minimum atomic E-state index is -2.54. The summed E-state index contributed by atoms with van der Waals surface area (Å²) >= 11 is 0. The van der Waals surface area contributed by atoms with Crippen LogP contribution < -0.4 is 4.57 Å². The van der Waals surface area contributed by atoms with Crippen molar-refractivity contribution in [1.82, 2.24) is 0 Å². The standard InChI is InChI=1S/C38H38NO/c1-24-18-32(29-15-11-14-28(20-29)27-12-9-8-10-13-27)36-33(19-24)31-17-16-25(2)35(37(31)40-36)34-21-30(22-38(4,5)6)26(3)23-39(34)7/h8-21,23H,22H2,1-7H3/q+1/i1D3,3D3,22D2. The van der Waals surface area contributed by atoms with Crippen LogP contribution in [0.3, 0.4) is 0 Å². The molecular weight excluding hydrogens is 486 g/mol. The van der Waals surface area contributed by atoms with Crippen LogP contribution in [0.1, 0.15) is 54.0 Å². The highest BCUT2D eigenvalue weighted by Crippen LogP contribution is 2.42. The molecule has 2 aromatic heterocycles. The summed E-state index contributed by atoms with van der Waals surface area (Å²) in [6.45, 7) is 2.28. The maximum atomic E-state index is 9.09. The van der Waals surface area contributed by atoms with Crippen molar-refractivity contribution in [3.8, 4) is 33.5 Å². The Bertz CT molecular complexity index is 2190. The Morgan fingerprint density at radius 2 is 1.55 bits per heavy atom. The van der Waals surface area contributed by atoms with E-state index in [9.17, 15) is 0 Å². The number of nitrogens with zero attached hydrogens (tertiary/aromatic N) is 1. The molecule has 6 rings (SSSR count). The molecule has 0 spiro atoms. The Hall–Kier alpha value is -4.17. The van der Waals surface area contributed by atoms with Gasteiger partial charge in [0.25, 0.3) is 0 Å². The van der Waals surface area contributed by atoms with Gasteiger partial charge in [-0.3, -0.25) is 0 Å². The van der Waals surface area contributed by atoms with E-state index in [1.807, 2.05) is 73.7 Å². The van der Waals surface area contributed by atoms with Crippen molar-refractivity contribution in [1.29, 1.82) is 0 Å². The maximum absolute atomic E-state index is 9.09. The normalized spacial score (nSPS) is 15.9. The van der Waals surface area contributed by atoms with Crippen molar-refractivity contribution in [2.75, 3.05) is 0 Å². The highest BCUT2D eigenvalue weighted by molar-refractivity contribution is 6.13. The minimum absolute atomic E-state index is 0.0500. The first kappa shape index (κ1) is 18.2. The van der Waals surface area contributed by atoms with Crippen LogP contribution >= 0.6 is 0 Å². The summed E-state index contributed by atoms with van der Waals surface area (Å²) in [5.74, 6) is 0. The molecule has 4 aromatic carbocycles. The van der Waals surface area contributed by atoms with Crippen LogP contribution in [0.4, 0.5) is 0 Å². The summed E-state index contributed by atoms with van der Waals surface area (Å²) in [5, 5.41) is 1.35. The van der Waals surface area contributed by atoms with Crippen LogP contribution in [-0.4, -0.2) is 0 Å². The number of fused-ring (bicyclic) bond motifs is 3. The molecule has 0 N–H and O–H groups in total. The van der Waals surface area contributed by atoms with E-state index in [0.29, 0.717) is 38.8 Å². The first-order chi connectivity index (χ1) is 22.3. The summed E-state index contributed by atoms with van der Waals surface area (Å²) < 4.78 is 76.3. The molecule has 0 atom stereocenters. The molecule has 0 amide bonds. The number of aryl methyl sites for hydroxylation is 4. The van der Waals surface area contributed by atoms with E-state index >= 15 is 0 Å². The van der Waals surface area contributed by atoms with Crippen LogP contribution in [-0.2, 0) is 13.4 Å². The van der Waals surface area contributed by atoms with Gasteiger partial charge in [0.1, 0.15) is 18.2 Å². The van der Waals surface area contributed by atoms with Crippen LogP contribution in [0, 0.1) is 26.0 Å². The number of furan rings is 1. The van der Waals surface area contributed by atoms with Gasteiger partial charge >= 0.3 is 0 Å². The lowest BCUT2D eigenvalue weighted by atomic mass is 9.86. The van der Waals surface area contributed by atoms with Gasteiger partial charge in [-0.25, -0.2) is 4.57 Å². The Morgan fingerprint density at radius 3 is 2.30 bits per heavy atom. The van der Waals surface area contributed by atoms with E-state index in [2.05, 4.69) is 0 Å². The molecule has 0 aliphatic rings. The van der Waals surface area contributed by atoms with Crippen molar-refractivity contribution in [3.63, 3.8) is 0 Å². The molecule has 0 bridgehead atoms. The van der Waals surface area contributed by atoms with Gasteiger partial charge in [-0.05, 0) is 84.0 Å². The number of hydrogen-bond donors (Lipinski definition) is 0. The Balaban J connectivity index is 1.68. The first-order valence-corrected chi connectivity index (χ1v) is 13.5. The highest BCUT2D eigenvalue weighted by Gasteiger charge is 2.24. The molecule has 0 saturated heterocycles. The molecule has 200 valence electrons. The zero-order valence-electron chi connectivity index (χ0n) is 31.5. The van der Waals surface area contributed by atoms with Crippen molar-refractivity contribution in [3.05, 3.63) is 113 Å². The van der Waals surface area contributed by atoms with Gasteiger partial charge in [0.15, 0.2) is 6.20 Å². The maximum Gasteiger partial charge on any atom is 0.216 e. The van der Waals surface area contributed by atoms with Crippen molar-refractivity contribution < 1.29 is 20.0 Å². The summed E-state index contributed by atoms with van der Waals surface area (Å²) in [6, 6.07) is 26.7. The van der Waals surface area contributed by atoms with Gasteiger partial charge in [0.2, 0.25) is 5.69 Å². The quantitative estimate of drug-likeness (QED) is 0.206. The molecule has 0 unspecified atom stereocenters. The minimum Gasteiger partial charge on any atom is -0.454 e. The smallest absolute Gasteiger partial charge is 0.216 e. The summed E-state index contributed by atoms with van der Waals surface area (Å²) in [7, 11) is 1.75. The zero-order valence-corrected chi connectivity index (χ0v) is 23.5. The number of benzene rings is 4. The first-order valence-electron chi connectivity index (χ1n) is 17.5. The molecule has 2 heteroatoms. The number of pyridine rings is 1. The fourth-order valence-corrected chi connectivity index (χ4v) is 5.47. The largest absolute Gasteiger partial charge is 0.454 e. The van der Waals surface area contributed by atoms with Gasteiger partial charge in [-0.15, -0.1) is 0 Å². The average molecular weight is 533 g/mol. The van der Waals surface area contributed by atoms with E-state index in [1.54, 1.807) is 50.6 Å². The van der Waals surface area contributed by atoms with Crippen molar-refractivity contribution >= 4 is 21.9 Å². The fraction of sp³-hybridized carbons (Fsp3) is 0.237. The summed E-state index contributed by atoms with van der Waals surface area (Å²) in [4.78, 5) is 0. The van der Waals surface area contributed by atoms with Crippen molar-refractivity contribution in [2.24, 2.45) is 12.5 Å². The number of aromatic nitrogens is 1. The van der Waals surface area contributed by atoms with E-state index < -0.39 is 25.5 Å². The lowest BCUT2D eigenvalue weighted by molar-refractivity contribution is -0.660. The molecule has 0 radical (unpaired) electrons. The second-order valence-corrected chi connectivity index (χ2v) is 11.6. The predicted molar refractivity (Wildman–Crippen MR) is 169 cm³/mol. The molecule has 40 heavy (non-hydrogen) atoms. The second-order valence-electron chi connectivity index (χ2n) is 11.6. The van der Waals surface area contributed by atoms with Crippen molar-refractivity contribution in [2.45, 2.75) is 47.8 Å². The van der Waals surface area contributed by atoms with Crippen LogP contribution in [0.25, 0.3) is 55.4 Å². The SMILES string of the molecule is [2H]C([2H])([2H])c1cc(-c2cccc(-c3ccccc3)c2)c2oc3c(-c4cc(C([2H])([2H])C(C)(C)C)c(C([2H])([2H])[2H])c[n+]4C)c(C)ccc3c2c1. The molecular formula is C38H38NO+. The summed E-state index contributed by atoms with van der Waals surface area (Å²) in [6.07, 6.45) is -0.490. The third-order valence-electron chi connectivity index (χ3n) is 7.27. The van der Waals surface area contributed by atoms with Crippen LogP contribution in [0.15, 0.2) is 95.5 Å². The van der Waals surface area contributed by atoms with E-state index in [0.717, 1.165) is 22.3 Å². The zero-order chi connectivity index (χ0) is 35.0. The molecule has 6 aromatic rings. The molecule has 2 nitrogen and oxygen atoms in total. The topological polar surface area (TPSA) is 17.0 Å². The van der Waals surface area contributed by atoms with Crippen LogP contribution in [0.5, 0.6) is 0 Å². The van der Waals surface area contributed by atoms with Gasteiger partial charge in [-0.1, -0.05) is 81.4 Å². The third-order valence-corrected chi connectivity index (χ3v) is 7.27.